The van der Waals surface area contributed by atoms with Crippen molar-refractivity contribution >= 4 is 35.0 Å². The first-order chi connectivity index (χ1) is 11.6. The van der Waals surface area contributed by atoms with E-state index in [0.29, 0.717) is 5.69 Å². The molecular formula is C16H18ClF2N3O3. The highest BCUT2D eigenvalue weighted by Crippen LogP contribution is 2.27. The van der Waals surface area contributed by atoms with Crippen LogP contribution in [0.15, 0.2) is 18.2 Å². The molecule has 0 saturated carbocycles. The van der Waals surface area contributed by atoms with E-state index in [1.165, 1.54) is 32.0 Å². The molecule has 0 aromatic heterocycles. The number of halogens is 3. The second-order valence-corrected chi connectivity index (χ2v) is 6.34. The van der Waals surface area contributed by atoms with Crippen molar-refractivity contribution in [3.05, 3.63) is 28.8 Å². The van der Waals surface area contributed by atoms with Crippen LogP contribution >= 0.6 is 11.6 Å². The molecule has 0 spiro atoms. The fourth-order valence-electron chi connectivity index (χ4n) is 2.49. The van der Waals surface area contributed by atoms with Gasteiger partial charge in [0.05, 0.1) is 17.3 Å². The SMILES string of the molecule is CC(=O)Nc1ccc(C(=O)NC(C)C(=O)N2CCC(F)(F)C2)cc1Cl. The van der Waals surface area contributed by atoms with Gasteiger partial charge in [0.25, 0.3) is 11.8 Å². The molecule has 2 rings (SSSR count). The lowest BCUT2D eigenvalue weighted by Crippen LogP contribution is -2.46. The van der Waals surface area contributed by atoms with Crippen molar-refractivity contribution in [1.82, 2.24) is 10.2 Å². The topological polar surface area (TPSA) is 78.5 Å². The number of rotatable bonds is 4. The summed E-state index contributed by atoms with van der Waals surface area (Å²) in [5.74, 6) is -4.32. The molecule has 1 aromatic carbocycles. The molecule has 3 amide bonds. The number of anilines is 1. The Labute approximate surface area is 148 Å². The third-order valence-corrected chi connectivity index (χ3v) is 4.05. The average molecular weight is 374 g/mol. The Bertz CT molecular complexity index is 712. The molecule has 136 valence electrons. The van der Waals surface area contributed by atoms with Gasteiger partial charge >= 0.3 is 0 Å². The van der Waals surface area contributed by atoms with Gasteiger partial charge in [0.1, 0.15) is 6.04 Å². The fourth-order valence-corrected chi connectivity index (χ4v) is 2.71. The van der Waals surface area contributed by atoms with Gasteiger partial charge in [-0.3, -0.25) is 14.4 Å². The maximum absolute atomic E-state index is 13.2. The van der Waals surface area contributed by atoms with E-state index >= 15 is 0 Å². The average Bonchev–Trinajstić information content (AvgIpc) is 2.88. The molecule has 1 atom stereocenters. The summed E-state index contributed by atoms with van der Waals surface area (Å²) in [6.07, 6.45) is -0.375. The van der Waals surface area contributed by atoms with Gasteiger partial charge in [-0.25, -0.2) is 8.78 Å². The molecule has 0 aliphatic carbocycles. The Morgan fingerprint density at radius 2 is 2.00 bits per heavy atom. The summed E-state index contributed by atoms with van der Waals surface area (Å²) in [6, 6.07) is 3.30. The zero-order chi connectivity index (χ0) is 18.8. The zero-order valence-electron chi connectivity index (χ0n) is 13.7. The minimum absolute atomic E-state index is 0.0384. The molecule has 1 heterocycles. The molecule has 1 unspecified atom stereocenters. The van der Waals surface area contributed by atoms with Crippen molar-refractivity contribution in [1.29, 1.82) is 0 Å². The number of hydrogen-bond donors (Lipinski definition) is 2. The Morgan fingerprint density at radius 3 is 2.52 bits per heavy atom. The molecule has 0 radical (unpaired) electrons. The Morgan fingerprint density at radius 1 is 1.32 bits per heavy atom. The monoisotopic (exact) mass is 373 g/mol. The first-order valence-corrected chi connectivity index (χ1v) is 8.01. The third-order valence-electron chi connectivity index (χ3n) is 3.74. The van der Waals surface area contributed by atoms with Gasteiger partial charge in [0.15, 0.2) is 0 Å². The lowest BCUT2D eigenvalue weighted by molar-refractivity contribution is -0.133. The Kier molecular flexibility index (Phi) is 5.62. The number of carbonyl (C=O) groups is 3. The molecule has 1 aliphatic heterocycles. The van der Waals surface area contributed by atoms with E-state index in [-0.39, 0.29) is 29.5 Å². The summed E-state index contributed by atoms with van der Waals surface area (Å²) in [5.41, 5.74) is 0.541. The van der Waals surface area contributed by atoms with E-state index in [9.17, 15) is 23.2 Å². The largest absolute Gasteiger partial charge is 0.341 e. The molecule has 9 heteroatoms. The van der Waals surface area contributed by atoms with Crippen LogP contribution in [0.25, 0.3) is 0 Å². The summed E-state index contributed by atoms with van der Waals surface area (Å²) in [6.45, 7) is 2.09. The quantitative estimate of drug-likeness (QED) is 0.850. The third kappa shape index (κ3) is 4.88. The van der Waals surface area contributed by atoms with E-state index in [1.54, 1.807) is 0 Å². The van der Waals surface area contributed by atoms with Crippen LogP contribution in [0.2, 0.25) is 5.02 Å². The maximum Gasteiger partial charge on any atom is 0.267 e. The van der Waals surface area contributed by atoms with E-state index in [1.807, 2.05) is 0 Å². The Balaban J connectivity index is 2.00. The van der Waals surface area contributed by atoms with Crippen molar-refractivity contribution in [2.24, 2.45) is 0 Å². The fraction of sp³-hybridized carbons (Fsp3) is 0.438. The van der Waals surface area contributed by atoms with Crippen LogP contribution in [-0.4, -0.2) is 47.7 Å². The van der Waals surface area contributed by atoms with Crippen molar-refractivity contribution in [2.75, 3.05) is 18.4 Å². The summed E-state index contributed by atoms with van der Waals surface area (Å²) in [4.78, 5) is 36.4. The molecule has 1 aliphatic rings. The lowest BCUT2D eigenvalue weighted by atomic mass is 10.1. The van der Waals surface area contributed by atoms with Gasteiger partial charge in [0.2, 0.25) is 11.8 Å². The number of nitrogens with zero attached hydrogens (tertiary/aromatic N) is 1. The second-order valence-electron chi connectivity index (χ2n) is 5.94. The summed E-state index contributed by atoms with van der Waals surface area (Å²) >= 11 is 6.00. The van der Waals surface area contributed by atoms with Gasteiger partial charge in [-0.2, -0.15) is 0 Å². The van der Waals surface area contributed by atoms with Crippen molar-refractivity contribution in [3.63, 3.8) is 0 Å². The number of nitrogens with one attached hydrogen (secondary N) is 2. The second kappa shape index (κ2) is 7.35. The highest BCUT2D eigenvalue weighted by Gasteiger charge is 2.41. The molecule has 1 fully saturated rings. The summed E-state index contributed by atoms with van der Waals surface area (Å²) in [7, 11) is 0. The lowest BCUT2D eigenvalue weighted by Gasteiger charge is -2.21. The normalized spacial score (nSPS) is 17.1. The Hall–Kier alpha value is -2.22. The maximum atomic E-state index is 13.2. The highest BCUT2D eigenvalue weighted by molar-refractivity contribution is 6.34. The predicted molar refractivity (Wildman–Crippen MR) is 88.8 cm³/mol. The van der Waals surface area contributed by atoms with Gasteiger partial charge in [-0.15, -0.1) is 0 Å². The predicted octanol–water partition coefficient (Wildman–Crippen LogP) is 2.28. The number of carbonyl (C=O) groups excluding carboxylic acids is 3. The zero-order valence-corrected chi connectivity index (χ0v) is 14.5. The van der Waals surface area contributed by atoms with Gasteiger partial charge in [0, 0.05) is 25.5 Å². The first kappa shape index (κ1) is 19.1. The summed E-state index contributed by atoms with van der Waals surface area (Å²) in [5, 5.41) is 5.14. The van der Waals surface area contributed by atoms with Crippen LogP contribution in [-0.2, 0) is 9.59 Å². The molecule has 25 heavy (non-hydrogen) atoms. The van der Waals surface area contributed by atoms with Crippen LogP contribution < -0.4 is 10.6 Å². The van der Waals surface area contributed by atoms with E-state index in [4.69, 9.17) is 11.6 Å². The van der Waals surface area contributed by atoms with Crippen LogP contribution in [0.1, 0.15) is 30.6 Å². The van der Waals surface area contributed by atoms with Gasteiger partial charge in [-0.05, 0) is 25.1 Å². The summed E-state index contributed by atoms with van der Waals surface area (Å²) < 4.78 is 26.4. The van der Waals surface area contributed by atoms with Crippen molar-refractivity contribution < 1.29 is 23.2 Å². The minimum atomic E-state index is -2.88. The van der Waals surface area contributed by atoms with Gasteiger partial charge in [-0.1, -0.05) is 11.6 Å². The van der Waals surface area contributed by atoms with Crippen LogP contribution in [0.5, 0.6) is 0 Å². The molecule has 2 N–H and O–H groups in total. The smallest absolute Gasteiger partial charge is 0.267 e. The standard InChI is InChI=1S/C16H18ClF2N3O3/c1-9(15(25)22-6-5-16(18,19)8-22)20-14(24)11-3-4-13(12(17)7-11)21-10(2)23/h3-4,7,9H,5-6,8H2,1-2H3,(H,20,24)(H,21,23). The van der Waals surface area contributed by atoms with E-state index < -0.39 is 30.3 Å². The van der Waals surface area contributed by atoms with Gasteiger partial charge < -0.3 is 15.5 Å². The first-order valence-electron chi connectivity index (χ1n) is 7.64. The minimum Gasteiger partial charge on any atom is -0.341 e. The molecule has 6 nitrogen and oxygen atoms in total. The number of likely N-dealkylation sites (tertiary alicyclic amines) is 1. The highest BCUT2D eigenvalue weighted by atomic mass is 35.5. The van der Waals surface area contributed by atoms with Crippen LogP contribution in [0.4, 0.5) is 14.5 Å². The van der Waals surface area contributed by atoms with E-state index in [0.717, 1.165) is 4.90 Å². The number of benzene rings is 1. The number of amides is 3. The molecule has 0 bridgehead atoms. The van der Waals surface area contributed by atoms with E-state index in [2.05, 4.69) is 10.6 Å². The molecule has 1 aromatic rings. The number of alkyl halides is 2. The van der Waals surface area contributed by atoms with Crippen molar-refractivity contribution in [2.45, 2.75) is 32.2 Å². The number of hydrogen-bond acceptors (Lipinski definition) is 3. The van der Waals surface area contributed by atoms with Crippen LogP contribution in [0, 0.1) is 0 Å². The molecular weight excluding hydrogens is 356 g/mol. The van der Waals surface area contributed by atoms with Crippen molar-refractivity contribution in [3.8, 4) is 0 Å². The molecule has 1 saturated heterocycles. The van der Waals surface area contributed by atoms with Crippen LogP contribution in [0.3, 0.4) is 0 Å².